The second-order valence-corrected chi connectivity index (χ2v) is 4.66. The van der Waals surface area contributed by atoms with Gasteiger partial charge in [-0.15, -0.1) is 0 Å². The number of nitrogens with one attached hydrogen (secondary N) is 1. The van der Waals surface area contributed by atoms with E-state index >= 15 is 0 Å². The zero-order valence-corrected chi connectivity index (χ0v) is 11.8. The van der Waals surface area contributed by atoms with Crippen LogP contribution in [0.4, 0.5) is 13.2 Å². The third-order valence-corrected chi connectivity index (χ3v) is 3.06. The predicted octanol–water partition coefficient (Wildman–Crippen LogP) is 4.16. The Kier molecular flexibility index (Phi) is 5.60. The summed E-state index contributed by atoms with van der Waals surface area (Å²) in [5.41, 5.74) is -0.857. The smallest absolute Gasteiger partial charge is 0.352 e. The van der Waals surface area contributed by atoms with Gasteiger partial charge in [-0.2, -0.15) is 13.2 Å². The molecule has 1 amide bonds. The first-order chi connectivity index (χ1) is 8.86. The zero-order valence-electron chi connectivity index (χ0n) is 10.2. The lowest BCUT2D eigenvalue weighted by Crippen LogP contribution is -2.25. The number of carbonyl (C=O) groups excluding carboxylic acids is 1. The summed E-state index contributed by atoms with van der Waals surface area (Å²) >= 11 is 3.08. The fourth-order valence-corrected chi connectivity index (χ4v) is 1.83. The number of rotatable bonds is 4. The largest absolute Gasteiger partial charge is 0.416 e. The molecule has 1 aromatic rings. The van der Waals surface area contributed by atoms with Gasteiger partial charge in [-0.25, -0.2) is 0 Å². The van der Waals surface area contributed by atoms with Gasteiger partial charge in [0.15, 0.2) is 0 Å². The molecule has 104 valence electrons. The number of hydrogen-bond donors (Lipinski definition) is 1. The van der Waals surface area contributed by atoms with Crippen LogP contribution in [0.3, 0.4) is 0 Å². The van der Waals surface area contributed by atoms with Gasteiger partial charge in [0, 0.05) is 11.0 Å². The maximum Gasteiger partial charge on any atom is 0.416 e. The van der Waals surface area contributed by atoms with Crippen LogP contribution in [0, 0.1) is 0 Å². The van der Waals surface area contributed by atoms with Crippen molar-refractivity contribution in [3.8, 4) is 0 Å². The van der Waals surface area contributed by atoms with E-state index in [1.165, 1.54) is 6.07 Å². The Labute approximate surface area is 117 Å². The Morgan fingerprint density at radius 1 is 1.42 bits per heavy atom. The van der Waals surface area contributed by atoms with E-state index in [0.29, 0.717) is 17.4 Å². The average Bonchev–Trinajstić information content (AvgIpc) is 2.33. The number of carbonyl (C=O) groups is 1. The van der Waals surface area contributed by atoms with E-state index in [2.05, 4.69) is 21.2 Å². The molecule has 0 saturated heterocycles. The van der Waals surface area contributed by atoms with Crippen molar-refractivity contribution in [3.05, 3.63) is 46.0 Å². The van der Waals surface area contributed by atoms with E-state index < -0.39 is 17.6 Å². The molecular formula is C13H13BrF3NO. The van der Waals surface area contributed by atoms with E-state index in [4.69, 9.17) is 0 Å². The molecule has 2 nitrogen and oxygen atoms in total. The van der Waals surface area contributed by atoms with Gasteiger partial charge in [0.1, 0.15) is 0 Å². The molecule has 0 saturated carbocycles. The quantitative estimate of drug-likeness (QED) is 0.649. The van der Waals surface area contributed by atoms with E-state index in [9.17, 15) is 18.0 Å². The Morgan fingerprint density at radius 3 is 2.68 bits per heavy atom. The first-order valence-corrected chi connectivity index (χ1v) is 6.41. The Balaban J connectivity index is 2.84. The van der Waals surface area contributed by atoms with Gasteiger partial charge < -0.3 is 5.32 Å². The van der Waals surface area contributed by atoms with Crippen molar-refractivity contribution < 1.29 is 18.0 Å². The molecule has 0 aliphatic heterocycles. The minimum atomic E-state index is -4.46. The van der Waals surface area contributed by atoms with Crippen LogP contribution in [-0.4, -0.2) is 12.5 Å². The maximum atomic E-state index is 12.6. The third-order valence-electron chi connectivity index (χ3n) is 2.37. The van der Waals surface area contributed by atoms with Gasteiger partial charge in [0.2, 0.25) is 0 Å². The highest BCUT2D eigenvalue weighted by Gasteiger charge is 2.31. The molecule has 1 N–H and O–H groups in total. The van der Waals surface area contributed by atoms with Crippen LogP contribution in [0.15, 0.2) is 34.8 Å². The van der Waals surface area contributed by atoms with E-state index in [1.54, 1.807) is 0 Å². The van der Waals surface area contributed by atoms with Gasteiger partial charge >= 0.3 is 6.18 Å². The first kappa shape index (κ1) is 15.8. The lowest BCUT2D eigenvalue weighted by atomic mass is 10.1. The molecule has 0 spiro atoms. The number of halogens is 4. The van der Waals surface area contributed by atoms with E-state index in [1.807, 2.05) is 19.1 Å². The van der Waals surface area contributed by atoms with Crippen LogP contribution < -0.4 is 5.32 Å². The lowest BCUT2D eigenvalue weighted by molar-refractivity contribution is -0.137. The van der Waals surface area contributed by atoms with Crippen molar-refractivity contribution >= 4 is 21.8 Å². The average molecular weight is 336 g/mol. The highest BCUT2D eigenvalue weighted by Crippen LogP contribution is 2.31. The fourth-order valence-electron chi connectivity index (χ4n) is 1.41. The van der Waals surface area contributed by atoms with Crippen molar-refractivity contribution in [2.45, 2.75) is 19.5 Å². The second kappa shape index (κ2) is 6.75. The Morgan fingerprint density at radius 2 is 2.11 bits per heavy atom. The minimum Gasteiger partial charge on any atom is -0.352 e. The van der Waals surface area contributed by atoms with Crippen LogP contribution in [0.25, 0.3) is 0 Å². The maximum absolute atomic E-state index is 12.6. The van der Waals surface area contributed by atoms with E-state index in [0.717, 1.165) is 12.1 Å². The van der Waals surface area contributed by atoms with Crippen LogP contribution >= 0.6 is 15.9 Å². The fraction of sp³-hybridized carbons (Fsp3) is 0.308. The summed E-state index contributed by atoms with van der Waals surface area (Å²) < 4.78 is 38.0. The summed E-state index contributed by atoms with van der Waals surface area (Å²) in [5, 5.41) is 2.57. The summed E-state index contributed by atoms with van der Waals surface area (Å²) in [6.45, 7) is 2.23. The molecular weight excluding hydrogens is 323 g/mol. The molecule has 0 bridgehead atoms. The molecule has 0 aliphatic rings. The van der Waals surface area contributed by atoms with Crippen molar-refractivity contribution in [2.24, 2.45) is 0 Å². The molecule has 0 fully saturated rings. The highest BCUT2D eigenvalue weighted by atomic mass is 79.9. The number of benzene rings is 1. The van der Waals surface area contributed by atoms with Crippen LogP contribution in [0.5, 0.6) is 0 Å². The predicted molar refractivity (Wildman–Crippen MR) is 70.9 cm³/mol. The number of alkyl halides is 3. The normalized spacial score (nSPS) is 11.8. The van der Waals surface area contributed by atoms with Crippen LogP contribution in [0.2, 0.25) is 0 Å². The second-order valence-electron chi connectivity index (χ2n) is 3.81. The number of amides is 1. The molecule has 0 aromatic heterocycles. The van der Waals surface area contributed by atoms with Crippen molar-refractivity contribution in [2.75, 3.05) is 6.54 Å². The van der Waals surface area contributed by atoms with Gasteiger partial charge in [0.25, 0.3) is 5.91 Å². The minimum absolute atomic E-state index is 0.0182. The monoisotopic (exact) mass is 335 g/mol. The van der Waals surface area contributed by atoms with Gasteiger partial charge in [-0.3, -0.25) is 4.79 Å². The summed E-state index contributed by atoms with van der Waals surface area (Å²) in [4.78, 5) is 11.8. The zero-order chi connectivity index (χ0) is 14.5. The molecule has 0 heterocycles. The number of hydrogen-bond acceptors (Lipinski definition) is 1. The van der Waals surface area contributed by atoms with E-state index in [-0.39, 0.29) is 5.56 Å². The highest BCUT2D eigenvalue weighted by molar-refractivity contribution is 9.10. The summed E-state index contributed by atoms with van der Waals surface area (Å²) in [5.74, 6) is -0.525. The lowest BCUT2D eigenvalue weighted by Gasteiger charge is -2.10. The summed E-state index contributed by atoms with van der Waals surface area (Å²) in [7, 11) is 0. The summed E-state index contributed by atoms with van der Waals surface area (Å²) in [6.07, 6.45) is -0.118. The molecule has 6 heteroatoms. The Hall–Kier alpha value is -1.30. The molecule has 1 rings (SSSR count). The molecule has 0 aliphatic carbocycles. The topological polar surface area (TPSA) is 29.1 Å². The summed E-state index contributed by atoms with van der Waals surface area (Å²) in [6, 6.07) is 3.00. The molecule has 1 aromatic carbocycles. The van der Waals surface area contributed by atoms with Crippen molar-refractivity contribution in [3.63, 3.8) is 0 Å². The number of allylic oxidation sites excluding steroid dienone is 1. The van der Waals surface area contributed by atoms with Crippen LogP contribution in [-0.2, 0) is 6.18 Å². The van der Waals surface area contributed by atoms with Gasteiger partial charge in [-0.05, 0) is 47.5 Å². The van der Waals surface area contributed by atoms with Gasteiger partial charge in [0.05, 0.1) is 11.1 Å². The third kappa shape index (κ3) is 4.70. The van der Waals surface area contributed by atoms with Crippen molar-refractivity contribution in [1.29, 1.82) is 0 Å². The van der Waals surface area contributed by atoms with Crippen LogP contribution in [0.1, 0.15) is 29.3 Å². The molecule has 0 atom stereocenters. The molecule has 0 radical (unpaired) electrons. The first-order valence-electron chi connectivity index (χ1n) is 5.62. The van der Waals surface area contributed by atoms with Crippen molar-refractivity contribution in [1.82, 2.24) is 5.32 Å². The Bertz CT molecular complexity index is 483. The molecule has 0 unspecified atom stereocenters. The molecule has 19 heavy (non-hydrogen) atoms. The standard InChI is InChI=1S/C13H13BrF3NO/c1-2-3-4-7-18-12(19)10-8-9(13(15,16)17)5-6-11(10)14/h2-3,5-6,8H,4,7H2,1H3,(H,18,19)/b3-2+. The SMILES string of the molecule is C/C=C/CCNC(=O)c1cc(C(F)(F)F)ccc1Br. The van der Waals surface area contributed by atoms with Gasteiger partial charge in [-0.1, -0.05) is 12.2 Å².